The lowest BCUT2D eigenvalue weighted by Gasteiger charge is -2.31. The Hall–Kier alpha value is -3.96. The molecule has 2 aromatic carbocycles. The largest absolute Gasteiger partial charge is 0.453 e. The summed E-state index contributed by atoms with van der Waals surface area (Å²) in [7, 11) is 1.29. The van der Waals surface area contributed by atoms with E-state index in [1.165, 1.54) is 25.3 Å². The number of hydrogen-bond acceptors (Lipinski definition) is 6. The number of rotatable bonds is 7. The number of aromatic amines is 1. The van der Waals surface area contributed by atoms with Gasteiger partial charge in [-0.25, -0.2) is 22.9 Å². The molecule has 3 saturated heterocycles. The van der Waals surface area contributed by atoms with E-state index in [1.807, 2.05) is 4.90 Å². The van der Waals surface area contributed by atoms with Crippen LogP contribution in [-0.4, -0.2) is 66.2 Å². The first-order valence-corrected chi connectivity index (χ1v) is 17.2. The van der Waals surface area contributed by atoms with E-state index in [2.05, 4.69) is 10.3 Å². The molecule has 1 aromatic heterocycles. The maximum absolute atomic E-state index is 15.8. The van der Waals surface area contributed by atoms with Gasteiger partial charge in [-0.05, 0) is 81.9 Å². The molecule has 4 heterocycles. The van der Waals surface area contributed by atoms with Gasteiger partial charge in [0.05, 0.1) is 30.2 Å². The second-order valence-electron chi connectivity index (χ2n) is 13.5. The third-order valence-electron chi connectivity index (χ3n) is 10.7. The Bertz CT molecular complexity index is 1610. The third-order valence-corrected chi connectivity index (χ3v) is 10.7. The summed E-state index contributed by atoms with van der Waals surface area (Å²) < 4.78 is 51.4. The number of imidazole rings is 1. The maximum Gasteiger partial charge on any atom is 0.407 e. The zero-order chi connectivity index (χ0) is 32.7. The number of aromatic nitrogens is 2. The van der Waals surface area contributed by atoms with Gasteiger partial charge in [-0.2, -0.15) is 0 Å². The SMILES string of the molecule is COC(=O)NC(C(=O)N1CCC[C@H]1c1nc2cc(F)c([C@H]3CCCN3c3cc(F)c(N4CCCCC4)c(F)c3)cc2[nH]1)C1CCCC1. The highest BCUT2D eigenvalue weighted by Crippen LogP contribution is 2.41. The average molecular weight is 653 g/mol. The summed E-state index contributed by atoms with van der Waals surface area (Å²) in [6.07, 6.45) is 8.90. The highest BCUT2D eigenvalue weighted by atomic mass is 19.1. The summed E-state index contributed by atoms with van der Waals surface area (Å²) in [5.41, 5.74) is 1.96. The predicted octanol–water partition coefficient (Wildman–Crippen LogP) is 6.89. The molecule has 0 bridgehead atoms. The molecular weight excluding hydrogens is 609 g/mol. The number of carbonyl (C=O) groups excluding carboxylic acids is 2. The highest BCUT2D eigenvalue weighted by Gasteiger charge is 2.40. The van der Waals surface area contributed by atoms with Crippen LogP contribution in [0.1, 0.15) is 94.1 Å². The predicted molar refractivity (Wildman–Crippen MR) is 173 cm³/mol. The number of hydrogen-bond donors (Lipinski definition) is 2. The van der Waals surface area contributed by atoms with Crippen LogP contribution in [0.2, 0.25) is 0 Å². The zero-order valence-electron chi connectivity index (χ0n) is 26.9. The number of methoxy groups -OCH3 is 1. The number of fused-ring (bicyclic) bond motifs is 1. The molecule has 7 rings (SSSR count). The molecule has 3 atom stereocenters. The van der Waals surface area contributed by atoms with Gasteiger partial charge in [0, 0.05) is 43.5 Å². The number of amides is 2. The van der Waals surface area contributed by atoms with Crippen molar-refractivity contribution in [2.45, 2.75) is 88.8 Å². The van der Waals surface area contributed by atoms with Crippen LogP contribution < -0.4 is 15.1 Å². The van der Waals surface area contributed by atoms with Crippen LogP contribution in [0, 0.1) is 23.4 Å². The summed E-state index contributed by atoms with van der Waals surface area (Å²) in [5.74, 6) is -1.13. The van der Waals surface area contributed by atoms with Crippen LogP contribution in [0.3, 0.4) is 0 Å². The highest BCUT2D eigenvalue weighted by molar-refractivity contribution is 5.87. The summed E-state index contributed by atoms with van der Waals surface area (Å²) in [5, 5.41) is 2.79. The van der Waals surface area contributed by atoms with Crippen molar-refractivity contribution in [3.63, 3.8) is 0 Å². The van der Waals surface area contributed by atoms with Crippen molar-refractivity contribution in [1.29, 1.82) is 0 Å². The van der Waals surface area contributed by atoms with Crippen molar-refractivity contribution in [3.05, 3.63) is 53.1 Å². The first-order valence-electron chi connectivity index (χ1n) is 17.2. The van der Waals surface area contributed by atoms with Crippen molar-refractivity contribution in [1.82, 2.24) is 20.2 Å². The molecule has 2 amide bonds. The van der Waals surface area contributed by atoms with Gasteiger partial charge in [-0.15, -0.1) is 0 Å². The molecule has 2 N–H and O–H groups in total. The molecule has 47 heavy (non-hydrogen) atoms. The van der Waals surface area contributed by atoms with E-state index in [-0.39, 0.29) is 23.6 Å². The lowest BCUT2D eigenvalue weighted by molar-refractivity contribution is -0.135. The number of nitrogens with one attached hydrogen (secondary N) is 2. The van der Waals surface area contributed by atoms with Crippen LogP contribution in [0.5, 0.6) is 0 Å². The fourth-order valence-electron chi connectivity index (χ4n) is 8.37. The Morgan fingerprint density at radius 2 is 1.55 bits per heavy atom. The smallest absolute Gasteiger partial charge is 0.407 e. The van der Waals surface area contributed by atoms with Gasteiger partial charge >= 0.3 is 6.09 Å². The average Bonchev–Trinajstić information content (AvgIpc) is 3.89. The van der Waals surface area contributed by atoms with Crippen molar-refractivity contribution in [2.75, 3.05) is 43.1 Å². The fraction of sp³-hybridized carbons (Fsp3) is 0.571. The van der Waals surface area contributed by atoms with E-state index in [4.69, 9.17) is 9.72 Å². The van der Waals surface area contributed by atoms with E-state index in [1.54, 1.807) is 15.9 Å². The molecule has 0 spiro atoms. The summed E-state index contributed by atoms with van der Waals surface area (Å²) in [6, 6.07) is 4.52. The Balaban J connectivity index is 1.14. The standard InChI is InChI=1S/C35H43F3N6O3/c1-47-35(46)41-31(21-9-3-4-10-21)34(45)44-16-8-12-30(44)33-39-27-19-23(24(36)20-28(27)40-33)29-11-7-15-43(29)22-17-25(37)32(26(38)18-22)42-13-5-2-6-14-42/h17-21,29-31H,2-16H2,1H3,(H,39,40)(H,41,46)/t29-,30+,31?/m1/s1. The minimum Gasteiger partial charge on any atom is -0.453 e. The van der Waals surface area contributed by atoms with Crippen LogP contribution in [-0.2, 0) is 9.53 Å². The normalized spacial score (nSPS) is 22.8. The number of likely N-dealkylation sites (tertiary alicyclic amines) is 1. The molecule has 9 nitrogen and oxygen atoms in total. The Labute approximate surface area is 272 Å². The molecule has 252 valence electrons. The molecule has 3 aromatic rings. The molecule has 4 fully saturated rings. The summed E-state index contributed by atoms with van der Waals surface area (Å²) in [4.78, 5) is 39.6. The monoisotopic (exact) mass is 652 g/mol. The van der Waals surface area contributed by atoms with E-state index in [0.717, 1.165) is 57.8 Å². The van der Waals surface area contributed by atoms with Gasteiger partial charge in [0.25, 0.3) is 0 Å². The quantitative estimate of drug-likeness (QED) is 0.289. The number of alkyl carbamates (subject to hydrolysis) is 1. The van der Waals surface area contributed by atoms with Crippen molar-refractivity contribution >= 4 is 34.4 Å². The van der Waals surface area contributed by atoms with Gasteiger partial charge in [-0.1, -0.05) is 12.8 Å². The molecular formula is C35H43F3N6O3. The minimum absolute atomic E-state index is 0.0249. The van der Waals surface area contributed by atoms with Crippen molar-refractivity contribution in [2.24, 2.45) is 5.92 Å². The van der Waals surface area contributed by atoms with Crippen molar-refractivity contribution in [3.8, 4) is 0 Å². The number of anilines is 2. The molecule has 1 aliphatic carbocycles. The Kier molecular flexibility index (Phi) is 8.93. The molecule has 4 aliphatic rings. The van der Waals surface area contributed by atoms with E-state index in [0.29, 0.717) is 67.1 Å². The molecule has 1 saturated carbocycles. The van der Waals surface area contributed by atoms with Crippen LogP contribution in [0.4, 0.5) is 29.3 Å². The number of carbonyl (C=O) groups is 2. The van der Waals surface area contributed by atoms with Crippen LogP contribution in [0.25, 0.3) is 11.0 Å². The number of piperidine rings is 1. The zero-order valence-corrected chi connectivity index (χ0v) is 26.9. The van der Waals surface area contributed by atoms with Gasteiger partial charge < -0.3 is 29.7 Å². The molecule has 1 unspecified atom stereocenters. The van der Waals surface area contributed by atoms with Gasteiger partial charge in [-0.3, -0.25) is 4.79 Å². The molecule has 0 radical (unpaired) electrons. The van der Waals surface area contributed by atoms with Crippen LogP contribution in [0.15, 0.2) is 24.3 Å². The number of halogens is 3. The first-order chi connectivity index (χ1) is 22.8. The van der Waals surface area contributed by atoms with Gasteiger partial charge in [0.15, 0.2) is 11.6 Å². The number of ether oxygens (including phenoxy) is 1. The number of nitrogens with zero attached hydrogens (tertiary/aromatic N) is 4. The lowest BCUT2D eigenvalue weighted by atomic mass is 9.96. The Morgan fingerprint density at radius 1 is 0.851 bits per heavy atom. The third kappa shape index (κ3) is 6.11. The molecule has 12 heteroatoms. The summed E-state index contributed by atoms with van der Waals surface area (Å²) in [6.45, 7) is 2.36. The number of H-pyrrole nitrogens is 1. The second kappa shape index (κ2) is 13.3. The fourth-order valence-corrected chi connectivity index (χ4v) is 8.37. The lowest BCUT2D eigenvalue weighted by Crippen LogP contribution is -2.51. The van der Waals surface area contributed by atoms with Gasteiger partial charge in [0.2, 0.25) is 5.91 Å². The first kappa shape index (κ1) is 31.6. The van der Waals surface area contributed by atoms with Gasteiger partial charge in [0.1, 0.15) is 23.4 Å². The maximum atomic E-state index is 15.8. The number of benzene rings is 2. The van der Waals surface area contributed by atoms with E-state index >= 15 is 13.2 Å². The topological polar surface area (TPSA) is 93.8 Å². The van der Waals surface area contributed by atoms with Crippen molar-refractivity contribution < 1.29 is 27.5 Å². The summed E-state index contributed by atoms with van der Waals surface area (Å²) >= 11 is 0. The van der Waals surface area contributed by atoms with E-state index in [9.17, 15) is 9.59 Å². The molecule has 3 aliphatic heterocycles. The Morgan fingerprint density at radius 3 is 2.28 bits per heavy atom. The second-order valence-corrected chi connectivity index (χ2v) is 13.5. The minimum atomic E-state index is -0.670. The van der Waals surface area contributed by atoms with Crippen LogP contribution >= 0.6 is 0 Å². The van der Waals surface area contributed by atoms with E-state index < -0.39 is 35.6 Å².